The van der Waals surface area contributed by atoms with Gasteiger partial charge in [-0.3, -0.25) is 0 Å². The number of likely N-dealkylation sites (N-methyl/N-ethyl adjacent to an activating group) is 1. The number of rotatable bonds is 5. The number of nitrogens with one attached hydrogen (secondary N) is 1. The van der Waals surface area contributed by atoms with Gasteiger partial charge in [-0.15, -0.1) is 0 Å². The van der Waals surface area contributed by atoms with Crippen molar-refractivity contribution in [1.82, 2.24) is 5.32 Å². The van der Waals surface area contributed by atoms with E-state index in [1.807, 2.05) is 7.05 Å². The first kappa shape index (κ1) is 11.6. The minimum Gasteiger partial charge on any atom is -0.376 e. The van der Waals surface area contributed by atoms with Crippen LogP contribution in [0, 0.1) is 0 Å². The Balaban J connectivity index is 2.03. The molecule has 2 nitrogen and oxygen atoms in total. The first-order chi connectivity index (χ1) is 7.86. The Morgan fingerprint density at radius 2 is 2.19 bits per heavy atom. The number of hydrogen-bond donors (Lipinski definition) is 1. The summed E-state index contributed by atoms with van der Waals surface area (Å²) in [7, 11) is 2.02. The van der Waals surface area contributed by atoms with E-state index in [2.05, 4.69) is 36.5 Å². The lowest BCUT2D eigenvalue weighted by Gasteiger charge is -2.20. The second-order valence-electron chi connectivity index (χ2n) is 4.43. The fourth-order valence-electron chi connectivity index (χ4n) is 2.43. The van der Waals surface area contributed by atoms with Crippen LogP contribution in [0.15, 0.2) is 24.3 Å². The molecule has 1 aliphatic rings. The third kappa shape index (κ3) is 2.28. The third-order valence-corrected chi connectivity index (χ3v) is 3.32. The largest absolute Gasteiger partial charge is 0.376 e. The summed E-state index contributed by atoms with van der Waals surface area (Å²) in [5.74, 6) is 0. The molecule has 0 aliphatic heterocycles. The summed E-state index contributed by atoms with van der Waals surface area (Å²) in [5.41, 5.74) is 2.84. The Bertz CT molecular complexity index is 337. The molecule has 2 atom stereocenters. The molecule has 16 heavy (non-hydrogen) atoms. The molecular formula is C14H21NO. The van der Waals surface area contributed by atoms with Crippen LogP contribution in [0.25, 0.3) is 0 Å². The van der Waals surface area contributed by atoms with Crippen molar-refractivity contribution in [3.05, 3.63) is 35.4 Å². The van der Waals surface area contributed by atoms with Crippen molar-refractivity contribution in [2.24, 2.45) is 0 Å². The predicted octanol–water partition coefficient (Wildman–Crippen LogP) is 2.69. The summed E-state index contributed by atoms with van der Waals surface area (Å²) >= 11 is 0. The van der Waals surface area contributed by atoms with Gasteiger partial charge in [0.2, 0.25) is 0 Å². The lowest BCUT2D eigenvalue weighted by Crippen LogP contribution is -2.28. The van der Waals surface area contributed by atoms with Crippen LogP contribution in [0.3, 0.4) is 0 Å². The van der Waals surface area contributed by atoms with Gasteiger partial charge in [0.1, 0.15) is 0 Å². The molecule has 1 aromatic rings. The molecule has 0 amide bonds. The second-order valence-corrected chi connectivity index (χ2v) is 4.43. The molecule has 2 rings (SSSR count). The standard InChI is InChI=1S/C14H21NO/c1-3-4-9-16-13-10-11-7-5-6-8-12(11)14(13)15-2/h5-8,13-15H,3-4,9-10H2,1-2H3. The minimum atomic E-state index is 0.314. The van der Waals surface area contributed by atoms with Crippen molar-refractivity contribution in [3.63, 3.8) is 0 Å². The van der Waals surface area contributed by atoms with Gasteiger partial charge in [0, 0.05) is 13.0 Å². The molecule has 88 valence electrons. The molecule has 0 spiro atoms. The first-order valence-electron chi connectivity index (χ1n) is 6.23. The highest BCUT2D eigenvalue weighted by molar-refractivity contribution is 5.36. The normalized spacial score (nSPS) is 23.4. The van der Waals surface area contributed by atoms with Gasteiger partial charge in [-0.1, -0.05) is 37.6 Å². The molecule has 0 fully saturated rings. The van der Waals surface area contributed by atoms with Gasteiger partial charge in [-0.25, -0.2) is 0 Å². The zero-order valence-electron chi connectivity index (χ0n) is 10.2. The molecule has 1 aliphatic carbocycles. The van der Waals surface area contributed by atoms with Crippen LogP contribution in [-0.2, 0) is 11.2 Å². The van der Waals surface area contributed by atoms with E-state index in [-0.39, 0.29) is 0 Å². The Morgan fingerprint density at radius 1 is 1.38 bits per heavy atom. The molecule has 2 heteroatoms. The van der Waals surface area contributed by atoms with E-state index in [0.29, 0.717) is 12.1 Å². The van der Waals surface area contributed by atoms with Crippen LogP contribution in [0.1, 0.15) is 36.9 Å². The predicted molar refractivity (Wildman–Crippen MR) is 66.6 cm³/mol. The monoisotopic (exact) mass is 219 g/mol. The van der Waals surface area contributed by atoms with Crippen molar-refractivity contribution in [2.75, 3.05) is 13.7 Å². The highest BCUT2D eigenvalue weighted by Gasteiger charge is 2.31. The van der Waals surface area contributed by atoms with Gasteiger partial charge in [-0.2, -0.15) is 0 Å². The fourth-order valence-corrected chi connectivity index (χ4v) is 2.43. The molecule has 0 bridgehead atoms. The van der Waals surface area contributed by atoms with E-state index in [9.17, 15) is 0 Å². The lowest BCUT2D eigenvalue weighted by molar-refractivity contribution is 0.0349. The Hall–Kier alpha value is -0.860. The molecule has 0 saturated heterocycles. The smallest absolute Gasteiger partial charge is 0.0810 e. The van der Waals surface area contributed by atoms with Gasteiger partial charge in [-0.05, 0) is 24.6 Å². The Kier molecular flexibility index (Phi) is 3.97. The fraction of sp³-hybridized carbons (Fsp3) is 0.571. The average Bonchev–Trinajstić information content (AvgIpc) is 2.67. The number of benzene rings is 1. The van der Waals surface area contributed by atoms with E-state index in [1.165, 1.54) is 17.5 Å². The van der Waals surface area contributed by atoms with E-state index >= 15 is 0 Å². The van der Waals surface area contributed by atoms with Crippen LogP contribution in [0.4, 0.5) is 0 Å². The second kappa shape index (κ2) is 5.46. The average molecular weight is 219 g/mol. The summed E-state index contributed by atoms with van der Waals surface area (Å²) < 4.78 is 5.97. The van der Waals surface area contributed by atoms with Crippen LogP contribution in [-0.4, -0.2) is 19.8 Å². The summed E-state index contributed by atoms with van der Waals surface area (Å²) in [6.45, 7) is 3.08. The maximum atomic E-state index is 5.97. The van der Waals surface area contributed by atoms with Crippen molar-refractivity contribution in [2.45, 2.75) is 38.3 Å². The highest BCUT2D eigenvalue weighted by Crippen LogP contribution is 2.32. The molecule has 1 N–H and O–H groups in total. The van der Waals surface area contributed by atoms with Crippen molar-refractivity contribution in [1.29, 1.82) is 0 Å². The number of hydrogen-bond acceptors (Lipinski definition) is 2. The number of fused-ring (bicyclic) bond motifs is 1. The molecule has 0 aromatic heterocycles. The maximum absolute atomic E-state index is 5.97. The number of ether oxygens (including phenoxy) is 1. The SMILES string of the molecule is CCCCOC1Cc2ccccc2C1NC. The van der Waals surface area contributed by atoms with Crippen molar-refractivity contribution in [3.8, 4) is 0 Å². The molecule has 0 radical (unpaired) electrons. The van der Waals surface area contributed by atoms with Crippen LogP contribution >= 0.6 is 0 Å². The Morgan fingerprint density at radius 3 is 2.94 bits per heavy atom. The van der Waals surface area contributed by atoms with Crippen LogP contribution in [0.5, 0.6) is 0 Å². The summed E-state index contributed by atoms with van der Waals surface area (Å²) in [4.78, 5) is 0. The minimum absolute atomic E-state index is 0.314. The van der Waals surface area contributed by atoms with E-state index in [0.717, 1.165) is 19.4 Å². The lowest BCUT2D eigenvalue weighted by atomic mass is 10.1. The first-order valence-corrected chi connectivity index (χ1v) is 6.23. The van der Waals surface area contributed by atoms with Crippen LogP contribution < -0.4 is 5.32 Å². The summed E-state index contributed by atoms with van der Waals surface area (Å²) in [6, 6.07) is 9.01. The van der Waals surface area contributed by atoms with Gasteiger partial charge < -0.3 is 10.1 Å². The zero-order valence-corrected chi connectivity index (χ0v) is 10.2. The van der Waals surface area contributed by atoms with Crippen molar-refractivity contribution >= 4 is 0 Å². The number of unbranched alkanes of at least 4 members (excludes halogenated alkanes) is 1. The van der Waals surface area contributed by atoms with Gasteiger partial charge in [0.15, 0.2) is 0 Å². The van der Waals surface area contributed by atoms with Crippen molar-refractivity contribution < 1.29 is 4.74 Å². The molecule has 0 heterocycles. The van der Waals surface area contributed by atoms with E-state index < -0.39 is 0 Å². The molecular weight excluding hydrogens is 198 g/mol. The Labute approximate surface area is 98.0 Å². The van der Waals surface area contributed by atoms with Gasteiger partial charge >= 0.3 is 0 Å². The topological polar surface area (TPSA) is 21.3 Å². The van der Waals surface area contributed by atoms with Crippen LogP contribution in [0.2, 0.25) is 0 Å². The quantitative estimate of drug-likeness (QED) is 0.769. The maximum Gasteiger partial charge on any atom is 0.0810 e. The van der Waals surface area contributed by atoms with E-state index in [1.54, 1.807) is 0 Å². The van der Waals surface area contributed by atoms with E-state index in [4.69, 9.17) is 4.74 Å². The zero-order chi connectivity index (χ0) is 11.4. The highest BCUT2D eigenvalue weighted by atomic mass is 16.5. The molecule has 1 aromatic carbocycles. The molecule has 0 saturated carbocycles. The summed E-state index contributed by atoms with van der Waals surface area (Å²) in [5, 5.41) is 3.37. The summed E-state index contributed by atoms with van der Waals surface area (Å²) in [6.07, 6.45) is 3.72. The molecule has 2 unspecified atom stereocenters. The van der Waals surface area contributed by atoms with Gasteiger partial charge in [0.25, 0.3) is 0 Å². The van der Waals surface area contributed by atoms with Gasteiger partial charge in [0.05, 0.1) is 12.1 Å². The third-order valence-electron chi connectivity index (χ3n) is 3.32.